The first-order valence-electron chi connectivity index (χ1n) is 8.73. The molecule has 1 aliphatic heterocycles. The quantitative estimate of drug-likeness (QED) is 0.762. The smallest absolute Gasteiger partial charge is 0.262 e. The maximum atomic E-state index is 12.9. The molecule has 3 atom stereocenters. The van der Waals surface area contributed by atoms with E-state index >= 15 is 0 Å². The second-order valence-electron chi connectivity index (χ2n) is 7.29. The van der Waals surface area contributed by atoms with E-state index in [1.54, 1.807) is 22.1 Å². The number of aromatic nitrogens is 2. The maximum absolute atomic E-state index is 12.9. The fraction of sp³-hybridized carbons (Fsp3) is 0.812. The second-order valence-corrected chi connectivity index (χ2v) is 9.13. The Morgan fingerprint density at radius 2 is 2.08 bits per heavy atom. The normalized spacial score (nSPS) is 31.3. The largest absolute Gasteiger partial charge is 0.381 e. The molecule has 1 aromatic rings. The Hall–Kier alpha value is -0.960. The minimum absolute atomic E-state index is 0.0215. The number of sulfonamides is 1. The Labute approximate surface area is 143 Å². The lowest BCUT2D eigenvalue weighted by Gasteiger charge is -2.35. The monoisotopic (exact) mass is 355 g/mol. The molecule has 0 unspecified atom stereocenters. The summed E-state index contributed by atoms with van der Waals surface area (Å²) < 4.78 is 40.8. The van der Waals surface area contributed by atoms with E-state index in [-0.39, 0.29) is 17.2 Å². The number of morpholine rings is 1. The molecule has 4 rings (SSSR count). The summed E-state index contributed by atoms with van der Waals surface area (Å²) >= 11 is 0. The first-order valence-corrected chi connectivity index (χ1v) is 10.2. The summed E-state index contributed by atoms with van der Waals surface area (Å²) in [6, 6.07) is -0.0970. The lowest BCUT2D eigenvalue weighted by atomic mass is 10.1. The molecule has 0 spiro atoms. The van der Waals surface area contributed by atoms with Crippen LogP contribution in [0.15, 0.2) is 17.6 Å². The summed E-state index contributed by atoms with van der Waals surface area (Å²) in [6.07, 6.45) is 7.32. The van der Waals surface area contributed by atoms with Crippen molar-refractivity contribution >= 4 is 10.0 Å². The van der Waals surface area contributed by atoms with Crippen LogP contribution in [0.4, 0.5) is 0 Å². The predicted molar refractivity (Wildman–Crippen MR) is 86.9 cm³/mol. The molecular weight excluding hydrogens is 330 g/mol. The molecule has 24 heavy (non-hydrogen) atoms. The van der Waals surface area contributed by atoms with Gasteiger partial charge in [0, 0.05) is 33.0 Å². The Bertz CT molecular complexity index is 685. The van der Waals surface area contributed by atoms with Crippen molar-refractivity contribution in [2.24, 2.45) is 18.9 Å². The predicted octanol–water partition coefficient (Wildman–Crippen LogP) is 1.01. The number of hydrogen-bond donors (Lipinski definition) is 0. The van der Waals surface area contributed by atoms with Gasteiger partial charge in [-0.25, -0.2) is 13.4 Å². The van der Waals surface area contributed by atoms with Gasteiger partial charge in [0.25, 0.3) is 10.0 Å². The summed E-state index contributed by atoms with van der Waals surface area (Å²) in [6.45, 7) is 2.41. The SMILES string of the molecule is Cn1cnc(S(=O)(=O)N2CCO[C@@H]3C[C@@H](COCC4CC4)C[C@H]32)c1. The van der Waals surface area contributed by atoms with Crippen LogP contribution in [0.1, 0.15) is 25.7 Å². The molecule has 1 aromatic heterocycles. The highest BCUT2D eigenvalue weighted by Gasteiger charge is 2.46. The van der Waals surface area contributed by atoms with Crippen LogP contribution in [-0.2, 0) is 26.5 Å². The van der Waals surface area contributed by atoms with Crippen molar-refractivity contribution in [1.29, 1.82) is 0 Å². The van der Waals surface area contributed by atoms with Gasteiger partial charge >= 0.3 is 0 Å². The zero-order valence-corrected chi connectivity index (χ0v) is 14.8. The van der Waals surface area contributed by atoms with Crippen molar-refractivity contribution in [2.75, 3.05) is 26.4 Å². The summed E-state index contributed by atoms with van der Waals surface area (Å²) in [4.78, 5) is 4.04. The fourth-order valence-electron chi connectivity index (χ4n) is 3.78. The van der Waals surface area contributed by atoms with Crippen molar-refractivity contribution in [3.8, 4) is 0 Å². The molecule has 0 N–H and O–H groups in total. The summed E-state index contributed by atoms with van der Waals surface area (Å²) in [5.41, 5.74) is 0. The number of ether oxygens (including phenoxy) is 2. The summed E-state index contributed by atoms with van der Waals surface area (Å²) in [5.74, 6) is 1.13. The van der Waals surface area contributed by atoms with E-state index in [1.807, 2.05) is 0 Å². The van der Waals surface area contributed by atoms with E-state index in [1.165, 1.54) is 19.2 Å². The standard InChI is InChI=1S/C16H25N3O4S/c1-18-8-16(17-11-18)24(20,21)19-4-5-23-15-7-13(6-14(15)19)10-22-9-12-2-3-12/h8,11-15H,2-7,9-10H2,1H3/t13-,14+,15+/m0/s1. The minimum atomic E-state index is -3.56. The highest BCUT2D eigenvalue weighted by Crippen LogP contribution is 2.37. The van der Waals surface area contributed by atoms with E-state index in [0.29, 0.717) is 25.7 Å². The third-order valence-corrected chi connectivity index (χ3v) is 7.05. The fourth-order valence-corrected chi connectivity index (χ4v) is 5.39. The molecule has 0 aromatic carbocycles. The second kappa shape index (κ2) is 6.40. The van der Waals surface area contributed by atoms with Crippen LogP contribution in [0, 0.1) is 11.8 Å². The van der Waals surface area contributed by atoms with Gasteiger partial charge in [-0.15, -0.1) is 0 Å². The molecule has 134 valence electrons. The van der Waals surface area contributed by atoms with Crippen molar-refractivity contribution in [3.63, 3.8) is 0 Å². The topological polar surface area (TPSA) is 73.7 Å². The maximum Gasteiger partial charge on any atom is 0.262 e. The third kappa shape index (κ3) is 3.24. The number of fused-ring (bicyclic) bond motifs is 1. The Balaban J connectivity index is 1.44. The van der Waals surface area contributed by atoms with Gasteiger partial charge in [-0.1, -0.05) is 0 Å². The van der Waals surface area contributed by atoms with Gasteiger partial charge in [-0.05, 0) is 37.5 Å². The first-order chi connectivity index (χ1) is 11.5. The molecule has 0 amide bonds. The van der Waals surface area contributed by atoms with Gasteiger partial charge < -0.3 is 14.0 Å². The zero-order valence-electron chi connectivity index (χ0n) is 14.0. The Morgan fingerprint density at radius 3 is 2.79 bits per heavy atom. The molecule has 0 radical (unpaired) electrons. The van der Waals surface area contributed by atoms with E-state index in [9.17, 15) is 8.42 Å². The van der Waals surface area contributed by atoms with Crippen LogP contribution in [0.3, 0.4) is 0 Å². The average molecular weight is 355 g/mol. The first kappa shape index (κ1) is 16.5. The zero-order chi connectivity index (χ0) is 16.7. The Morgan fingerprint density at radius 1 is 1.29 bits per heavy atom. The number of imidazole rings is 1. The van der Waals surface area contributed by atoms with Gasteiger partial charge in [0.15, 0.2) is 5.03 Å². The molecule has 2 heterocycles. The highest BCUT2D eigenvalue weighted by atomic mass is 32.2. The molecule has 7 nitrogen and oxygen atoms in total. The van der Waals surface area contributed by atoms with Crippen LogP contribution >= 0.6 is 0 Å². The minimum Gasteiger partial charge on any atom is -0.381 e. The number of nitrogens with zero attached hydrogens (tertiary/aromatic N) is 3. The van der Waals surface area contributed by atoms with Crippen molar-refractivity contribution in [3.05, 3.63) is 12.5 Å². The van der Waals surface area contributed by atoms with E-state index in [4.69, 9.17) is 9.47 Å². The van der Waals surface area contributed by atoms with Gasteiger partial charge in [-0.2, -0.15) is 4.31 Å². The summed E-state index contributed by atoms with van der Waals surface area (Å²) in [5, 5.41) is 0.124. The number of aryl methyl sites for hydroxylation is 1. The number of hydrogen-bond acceptors (Lipinski definition) is 5. The van der Waals surface area contributed by atoms with Crippen molar-refractivity contribution in [2.45, 2.75) is 42.9 Å². The molecule has 1 saturated heterocycles. The van der Waals surface area contributed by atoms with Crippen molar-refractivity contribution < 1.29 is 17.9 Å². The van der Waals surface area contributed by atoms with Gasteiger partial charge in [0.05, 0.1) is 25.1 Å². The molecule has 3 aliphatic rings. The molecule has 8 heteroatoms. The summed E-state index contributed by atoms with van der Waals surface area (Å²) in [7, 11) is -1.79. The third-order valence-electron chi connectivity index (χ3n) is 5.24. The Kier molecular flexibility index (Phi) is 4.40. The van der Waals surface area contributed by atoms with E-state index in [2.05, 4.69) is 4.98 Å². The lowest BCUT2D eigenvalue weighted by molar-refractivity contribution is -0.0253. The van der Waals surface area contributed by atoms with Crippen LogP contribution in [0.2, 0.25) is 0 Å². The van der Waals surface area contributed by atoms with Crippen LogP contribution in [0.25, 0.3) is 0 Å². The van der Waals surface area contributed by atoms with Crippen LogP contribution in [0.5, 0.6) is 0 Å². The lowest BCUT2D eigenvalue weighted by Crippen LogP contribution is -2.51. The van der Waals surface area contributed by atoms with Gasteiger partial charge in [0.2, 0.25) is 0 Å². The average Bonchev–Trinajstić information content (AvgIpc) is 3.10. The van der Waals surface area contributed by atoms with Gasteiger partial charge in [0.1, 0.15) is 0 Å². The van der Waals surface area contributed by atoms with Crippen LogP contribution in [-0.4, -0.2) is 60.8 Å². The molecule has 2 aliphatic carbocycles. The number of rotatable bonds is 6. The van der Waals surface area contributed by atoms with Crippen LogP contribution < -0.4 is 0 Å². The highest BCUT2D eigenvalue weighted by molar-refractivity contribution is 7.89. The van der Waals surface area contributed by atoms with Gasteiger partial charge in [-0.3, -0.25) is 0 Å². The molecule has 2 saturated carbocycles. The molecular formula is C16H25N3O4S. The van der Waals surface area contributed by atoms with E-state index < -0.39 is 10.0 Å². The van der Waals surface area contributed by atoms with E-state index in [0.717, 1.165) is 25.4 Å². The van der Waals surface area contributed by atoms with Crippen molar-refractivity contribution in [1.82, 2.24) is 13.9 Å². The molecule has 3 fully saturated rings. The molecule has 0 bridgehead atoms.